The van der Waals surface area contributed by atoms with Gasteiger partial charge < -0.3 is 20.1 Å². The fraction of sp³-hybridized carbons (Fsp3) is 0.103. The summed E-state index contributed by atoms with van der Waals surface area (Å²) in [6, 6.07) is 36.3. The van der Waals surface area contributed by atoms with E-state index in [1.165, 1.54) is 0 Å². The number of ether oxygens (including phenoxy) is 2. The van der Waals surface area contributed by atoms with Crippen molar-refractivity contribution in [2.75, 3.05) is 18.5 Å². The van der Waals surface area contributed by atoms with E-state index < -0.39 is 5.92 Å². The number of rotatable bonds is 9. The smallest absolute Gasteiger partial charge is 0.238 e. The third-order valence-electron chi connectivity index (χ3n) is 5.25. The number of nitrogens with one attached hydrogen (secondary N) is 2. The first-order valence-electron chi connectivity index (χ1n) is 11.3. The van der Waals surface area contributed by atoms with Crippen molar-refractivity contribution in [1.82, 2.24) is 5.32 Å². The first kappa shape index (κ1) is 24.0. The van der Waals surface area contributed by atoms with Gasteiger partial charge in [-0.2, -0.15) is 0 Å². The number of para-hydroxylation sites is 3. The summed E-state index contributed by atoms with van der Waals surface area (Å²) in [6.45, 7) is 0.756. The Morgan fingerprint density at radius 1 is 0.686 bits per heavy atom. The van der Waals surface area contributed by atoms with Crippen LogP contribution in [0.1, 0.15) is 17.0 Å². The van der Waals surface area contributed by atoms with Gasteiger partial charge in [-0.3, -0.25) is 4.79 Å². The molecule has 0 spiro atoms. The van der Waals surface area contributed by atoms with Crippen LogP contribution in [0.15, 0.2) is 115 Å². The predicted octanol–water partition coefficient (Wildman–Crippen LogP) is 5.79. The van der Waals surface area contributed by atoms with Crippen LogP contribution in [0.5, 0.6) is 11.5 Å². The lowest BCUT2D eigenvalue weighted by Crippen LogP contribution is -2.38. The second-order valence-corrected chi connectivity index (χ2v) is 8.11. The third-order valence-corrected chi connectivity index (χ3v) is 5.46. The van der Waals surface area contributed by atoms with Crippen LogP contribution < -0.4 is 20.1 Å². The van der Waals surface area contributed by atoms with Gasteiger partial charge in [-0.1, -0.05) is 91.0 Å². The Hall–Kier alpha value is -4.16. The monoisotopic (exact) mass is 482 g/mol. The molecule has 0 aliphatic carbocycles. The topological polar surface area (TPSA) is 59.6 Å². The van der Waals surface area contributed by atoms with Gasteiger partial charge in [0.15, 0.2) is 5.11 Å². The summed E-state index contributed by atoms with van der Waals surface area (Å²) in [4.78, 5) is 13.3. The molecule has 1 amide bonds. The van der Waals surface area contributed by atoms with Gasteiger partial charge in [0, 0.05) is 0 Å². The average molecular weight is 483 g/mol. The highest BCUT2D eigenvalue weighted by atomic mass is 32.1. The van der Waals surface area contributed by atoms with E-state index in [0.29, 0.717) is 24.7 Å². The van der Waals surface area contributed by atoms with Crippen molar-refractivity contribution >= 4 is 28.9 Å². The quantitative estimate of drug-likeness (QED) is 0.234. The lowest BCUT2D eigenvalue weighted by Gasteiger charge is -2.19. The normalized spacial score (nSPS) is 10.4. The Morgan fingerprint density at radius 3 is 1.83 bits per heavy atom. The molecule has 0 radical (unpaired) electrons. The van der Waals surface area contributed by atoms with Crippen LogP contribution in [0.25, 0.3) is 0 Å². The molecule has 0 saturated carbocycles. The highest BCUT2D eigenvalue weighted by Gasteiger charge is 2.23. The van der Waals surface area contributed by atoms with Crippen molar-refractivity contribution in [2.45, 2.75) is 5.92 Å². The summed E-state index contributed by atoms with van der Waals surface area (Å²) in [5.41, 5.74) is 2.44. The van der Waals surface area contributed by atoms with Crippen molar-refractivity contribution < 1.29 is 14.3 Å². The van der Waals surface area contributed by atoms with E-state index in [4.69, 9.17) is 21.7 Å². The first-order valence-corrected chi connectivity index (χ1v) is 11.7. The molecule has 35 heavy (non-hydrogen) atoms. The number of benzene rings is 4. The van der Waals surface area contributed by atoms with Gasteiger partial charge in [-0.05, 0) is 47.6 Å². The lowest BCUT2D eigenvalue weighted by molar-refractivity contribution is -0.120. The van der Waals surface area contributed by atoms with Gasteiger partial charge in [-0.25, -0.2) is 0 Å². The molecular weight excluding hydrogens is 456 g/mol. The molecule has 4 aromatic carbocycles. The minimum absolute atomic E-state index is 0.198. The molecule has 0 unspecified atom stereocenters. The summed E-state index contributed by atoms with van der Waals surface area (Å²) in [5.74, 6) is 0.703. The van der Waals surface area contributed by atoms with Gasteiger partial charge in [0.2, 0.25) is 5.91 Å². The fourth-order valence-electron chi connectivity index (χ4n) is 3.65. The molecule has 5 nitrogen and oxygen atoms in total. The van der Waals surface area contributed by atoms with Crippen molar-refractivity contribution in [2.24, 2.45) is 0 Å². The van der Waals surface area contributed by atoms with E-state index in [1.807, 2.05) is 115 Å². The highest BCUT2D eigenvalue weighted by Crippen LogP contribution is 2.26. The number of anilines is 1. The van der Waals surface area contributed by atoms with Crippen LogP contribution in [-0.2, 0) is 4.79 Å². The molecule has 176 valence electrons. The van der Waals surface area contributed by atoms with Crippen molar-refractivity contribution in [1.29, 1.82) is 0 Å². The van der Waals surface area contributed by atoms with Crippen LogP contribution in [0.3, 0.4) is 0 Å². The average Bonchev–Trinajstić information content (AvgIpc) is 2.89. The number of carbonyl (C=O) groups is 1. The number of hydrogen-bond donors (Lipinski definition) is 2. The molecule has 0 fully saturated rings. The maximum absolute atomic E-state index is 13.3. The number of amides is 1. The molecule has 0 atom stereocenters. The first-order chi connectivity index (χ1) is 17.2. The van der Waals surface area contributed by atoms with Gasteiger partial charge in [-0.15, -0.1) is 0 Å². The van der Waals surface area contributed by atoms with Crippen LogP contribution >= 0.6 is 12.2 Å². The standard InChI is InChI=1S/C29H26N2O3S/c32-28(27(22-12-4-1-5-13-22)23-14-6-2-7-15-23)31-29(35)30-25-18-10-11-19-26(25)34-21-20-33-24-16-8-3-9-17-24/h1-19,27H,20-21H2,(H2,30,31,32,35). The Morgan fingerprint density at radius 2 is 1.20 bits per heavy atom. The van der Waals surface area contributed by atoms with Crippen LogP contribution in [0, 0.1) is 0 Å². The van der Waals surface area contributed by atoms with Gasteiger partial charge in [0.1, 0.15) is 24.7 Å². The molecule has 0 heterocycles. The zero-order chi connectivity index (χ0) is 24.3. The van der Waals surface area contributed by atoms with Crippen molar-refractivity contribution in [3.05, 3.63) is 126 Å². The van der Waals surface area contributed by atoms with Crippen molar-refractivity contribution in [3.8, 4) is 11.5 Å². The SMILES string of the molecule is O=C(NC(=S)Nc1ccccc1OCCOc1ccccc1)C(c1ccccc1)c1ccccc1. The van der Waals surface area contributed by atoms with Gasteiger partial charge in [0.05, 0.1) is 11.6 Å². The van der Waals surface area contributed by atoms with E-state index >= 15 is 0 Å². The van der Waals surface area contributed by atoms with Crippen LogP contribution in [-0.4, -0.2) is 24.2 Å². The van der Waals surface area contributed by atoms with E-state index in [0.717, 1.165) is 16.9 Å². The zero-order valence-electron chi connectivity index (χ0n) is 19.1. The molecular formula is C29H26N2O3S. The van der Waals surface area contributed by atoms with Gasteiger partial charge in [0.25, 0.3) is 0 Å². The summed E-state index contributed by atoms with van der Waals surface area (Å²) in [7, 11) is 0. The summed E-state index contributed by atoms with van der Waals surface area (Å²) in [5, 5.41) is 6.13. The van der Waals surface area contributed by atoms with E-state index in [9.17, 15) is 4.79 Å². The molecule has 2 N–H and O–H groups in total. The van der Waals surface area contributed by atoms with Crippen molar-refractivity contribution in [3.63, 3.8) is 0 Å². The van der Waals surface area contributed by atoms with E-state index in [2.05, 4.69) is 10.6 Å². The van der Waals surface area contributed by atoms with E-state index in [-0.39, 0.29) is 11.0 Å². The number of carbonyl (C=O) groups excluding carboxylic acids is 1. The second-order valence-electron chi connectivity index (χ2n) is 7.70. The van der Waals surface area contributed by atoms with Crippen LogP contribution in [0.2, 0.25) is 0 Å². The second kappa shape index (κ2) is 12.3. The largest absolute Gasteiger partial charge is 0.490 e. The minimum atomic E-state index is -0.487. The molecule has 0 saturated heterocycles. The summed E-state index contributed by atoms with van der Waals surface area (Å²) in [6.07, 6.45) is 0. The van der Waals surface area contributed by atoms with Gasteiger partial charge >= 0.3 is 0 Å². The lowest BCUT2D eigenvalue weighted by atomic mass is 9.90. The molecule has 4 rings (SSSR count). The molecule has 0 aliphatic heterocycles. The zero-order valence-corrected chi connectivity index (χ0v) is 19.9. The fourth-order valence-corrected chi connectivity index (χ4v) is 3.86. The van der Waals surface area contributed by atoms with Crippen LogP contribution in [0.4, 0.5) is 5.69 Å². The number of hydrogen-bond acceptors (Lipinski definition) is 4. The Bertz CT molecular complexity index is 1200. The third kappa shape index (κ3) is 6.91. The maximum atomic E-state index is 13.3. The summed E-state index contributed by atoms with van der Waals surface area (Å²) < 4.78 is 11.6. The molecule has 0 bridgehead atoms. The minimum Gasteiger partial charge on any atom is -0.490 e. The molecule has 0 aliphatic rings. The maximum Gasteiger partial charge on any atom is 0.238 e. The molecule has 4 aromatic rings. The molecule has 0 aromatic heterocycles. The molecule has 6 heteroatoms. The van der Waals surface area contributed by atoms with E-state index in [1.54, 1.807) is 0 Å². The Labute approximate surface area is 210 Å². The number of thiocarbonyl (C=S) groups is 1. The predicted molar refractivity (Wildman–Crippen MR) is 143 cm³/mol. The Balaban J connectivity index is 1.38. The highest BCUT2D eigenvalue weighted by molar-refractivity contribution is 7.80. The Kier molecular flexibility index (Phi) is 8.46. The summed E-state index contributed by atoms with van der Waals surface area (Å²) >= 11 is 5.47.